The molecule has 0 aliphatic heterocycles. The molecule has 0 saturated heterocycles. The summed E-state index contributed by atoms with van der Waals surface area (Å²) in [7, 11) is 0. The zero-order chi connectivity index (χ0) is 19.6. The largest absolute Gasteiger partial charge is 0.396 e. The lowest BCUT2D eigenvalue weighted by atomic mass is 10.1. The summed E-state index contributed by atoms with van der Waals surface area (Å²) in [6.07, 6.45) is 5.19. The van der Waals surface area contributed by atoms with Crippen LogP contribution < -0.4 is 10.6 Å². The van der Waals surface area contributed by atoms with Crippen molar-refractivity contribution < 1.29 is 14.7 Å². The number of amides is 2. The first-order valence-corrected chi connectivity index (χ1v) is 9.98. The van der Waals surface area contributed by atoms with E-state index >= 15 is 0 Å². The fraction of sp³-hybridized carbons (Fsp3) is 0.619. The molecule has 0 heterocycles. The number of benzene rings is 1. The van der Waals surface area contributed by atoms with E-state index in [9.17, 15) is 9.59 Å². The monoisotopic (exact) mass is 375 g/mol. The molecule has 1 fully saturated rings. The maximum absolute atomic E-state index is 12.5. The minimum Gasteiger partial charge on any atom is -0.396 e. The molecule has 0 unspecified atom stereocenters. The molecular formula is C21H33N3O3. The number of carbonyl (C=O) groups excluding carboxylic acids is 2. The van der Waals surface area contributed by atoms with Gasteiger partial charge in [-0.3, -0.25) is 14.5 Å². The molecule has 27 heavy (non-hydrogen) atoms. The highest BCUT2D eigenvalue weighted by atomic mass is 16.3. The van der Waals surface area contributed by atoms with Crippen LogP contribution in [0.15, 0.2) is 18.2 Å². The topological polar surface area (TPSA) is 81.7 Å². The summed E-state index contributed by atoms with van der Waals surface area (Å²) in [6.45, 7) is 5.77. The highest BCUT2D eigenvalue weighted by Crippen LogP contribution is 2.27. The van der Waals surface area contributed by atoms with Gasteiger partial charge in [0, 0.05) is 37.8 Å². The number of rotatable bonds is 12. The van der Waals surface area contributed by atoms with Gasteiger partial charge in [-0.05, 0) is 63.1 Å². The standard InChI is InChI=1S/C21H33N3O3/c1-16-6-7-17(2)19(14-16)23-21(27)15-24(18-8-9-18)12-10-20(26)22-11-4-3-5-13-25/h6-7,14,18,25H,3-5,8-13,15H2,1-2H3,(H,22,26)(H,23,27). The first-order valence-electron chi connectivity index (χ1n) is 9.98. The zero-order valence-corrected chi connectivity index (χ0v) is 16.6. The molecule has 0 atom stereocenters. The van der Waals surface area contributed by atoms with Crippen molar-refractivity contribution in [2.24, 2.45) is 0 Å². The summed E-state index contributed by atoms with van der Waals surface area (Å²) in [5.74, 6) is -0.000373. The second kappa shape index (κ2) is 11.0. The Labute approximate surface area is 162 Å². The van der Waals surface area contributed by atoms with E-state index in [-0.39, 0.29) is 18.4 Å². The Balaban J connectivity index is 1.74. The van der Waals surface area contributed by atoms with E-state index in [0.29, 0.717) is 32.1 Å². The number of carbonyl (C=O) groups is 2. The number of aryl methyl sites for hydroxylation is 2. The Morgan fingerprint density at radius 3 is 2.63 bits per heavy atom. The van der Waals surface area contributed by atoms with E-state index in [1.54, 1.807) is 0 Å². The number of aliphatic hydroxyl groups excluding tert-OH is 1. The quantitative estimate of drug-likeness (QED) is 0.490. The van der Waals surface area contributed by atoms with E-state index in [2.05, 4.69) is 15.5 Å². The van der Waals surface area contributed by atoms with E-state index in [1.807, 2.05) is 32.0 Å². The lowest BCUT2D eigenvalue weighted by Crippen LogP contribution is -2.38. The van der Waals surface area contributed by atoms with Crippen LogP contribution in [0.3, 0.4) is 0 Å². The van der Waals surface area contributed by atoms with Crippen molar-refractivity contribution in [3.63, 3.8) is 0 Å². The number of unbranched alkanes of at least 4 members (excludes halogenated alkanes) is 2. The van der Waals surface area contributed by atoms with Gasteiger partial charge in [0.25, 0.3) is 0 Å². The summed E-state index contributed by atoms with van der Waals surface area (Å²) >= 11 is 0. The number of anilines is 1. The van der Waals surface area contributed by atoms with Crippen LogP contribution in [0.5, 0.6) is 0 Å². The first-order chi connectivity index (χ1) is 13.0. The van der Waals surface area contributed by atoms with Crippen LogP contribution in [0.25, 0.3) is 0 Å². The third kappa shape index (κ3) is 8.10. The van der Waals surface area contributed by atoms with Crippen LogP contribution in [0.4, 0.5) is 5.69 Å². The summed E-state index contributed by atoms with van der Waals surface area (Å²) < 4.78 is 0. The van der Waals surface area contributed by atoms with Crippen LogP contribution in [0.2, 0.25) is 0 Å². The van der Waals surface area contributed by atoms with Crippen LogP contribution in [0, 0.1) is 13.8 Å². The molecule has 0 spiro atoms. The maximum atomic E-state index is 12.5. The van der Waals surface area contributed by atoms with Gasteiger partial charge in [-0.25, -0.2) is 0 Å². The second-order valence-electron chi connectivity index (χ2n) is 7.45. The van der Waals surface area contributed by atoms with Gasteiger partial charge in [0.15, 0.2) is 0 Å². The van der Waals surface area contributed by atoms with E-state index in [1.165, 1.54) is 0 Å². The summed E-state index contributed by atoms with van der Waals surface area (Å²) in [6, 6.07) is 6.45. The predicted molar refractivity (Wildman–Crippen MR) is 108 cm³/mol. The Hall–Kier alpha value is -1.92. The van der Waals surface area contributed by atoms with E-state index in [4.69, 9.17) is 5.11 Å². The summed E-state index contributed by atoms with van der Waals surface area (Å²) in [5.41, 5.74) is 3.02. The van der Waals surface area contributed by atoms with Crippen molar-refractivity contribution >= 4 is 17.5 Å². The van der Waals surface area contributed by atoms with Crippen LogP contribution in [0.1, 0.15) is 49.7 Å². The molecule has 0 bridgehead atoms. The van der Waals surface area contributed by atoms with Crippen molar-refractivity contribution in [3.05, 3.63) is 29.3 Å². The van der Waals surface area contributed by atoms with E-state index in [0.717, 1.165) is 48.9 Å². The highest BCUT2D eigenvalue weighted by molar-refractivity contribution is 5.93. The van der Waals surface area contributed by atoms with Crippen molar-refractivity contribution in [2.45, 2.75) is 58.4 Å². The minimum absolute atomic E-state index is 0.0274. The van der Waals surface area contributed by atoms with Crippen molar-refractivity contribution in [3.8, 4) is 0 Å². The Bertz CT molecular complexity index is 629. The Morgan fingerprint density at radius 1 is 1.15 bits per heavy atom. The molecule has 3 N–H and O–H groups in total. The van der Waals surface area contributed by atoms with Gasteiger partial charge in [-0.2, -0.15) is 0 Å². The molecule has 6 nitrogen and oxygen atoms in total. The average Bonchev–Trinajstić information content (AvgIpc) is 3.46. The van der Waals surface area contributed by atoms with Gasteiger partial charge in [-0.1, -0.05) is 12.1 Å². The SMILES string of the molecule is Cc1ccc(C)c(NC(=O)CN(CCC(=O)NCCCCCO)C2CC2)c1. The number of nitrogens with one attached hydrogen (secondary N) is 2. The van der Waals surface area contributed by atoms with Crippen LogP contribution in [-0.2, 0) is 9.59 Å². The third-order valence-electron chi connectivity index (χ3n) is 4.86. The van der Waals surface area contributed by atoms with Gasteiger partial charge < -0.3 is 15.7 Å². The van der Waals surface area contributed by atoms with Crippen molar-refractivity contribution in [1.82, 2.24) is 10.2 Å². The fourth-order valence-electron chi connectivity index (χ4n) is 3.05. The Kier molecular flexibility index (Phi) is 8.75. The number of nitrogens with zero attached hydrogens (tertiary/aromatic N) is 1. The molecule has 6 heteroatoms. The number of hydrogen-bond donors (Lipinski definition) is 3. The third-order valence-corrected chi connectivity index (χ3v) is 4.86. The summed E-state index contributed by atoms with van der Waals surface area (Å²) in [4.78, 5) is 26.6. The molecule has 1 aromatic carbocycles. The van der Waals surface area contributed by atoms with Gasteiger partial charge in [-0.15, -0.1) is 0 Å². The van der Waals surface area contributed by atoms with Gasteiger partial charge in [0.05, 0.1) is 6.54 Å². The fourth-order valence-corrected chi connectivity index (χ4v) is 3.05. The molecular weight excluding hydrogens is 342 g/mol. The average molecular weight is 376 g/mol. The lowest BCUT2D eigenvalue weighted by molar-refractivity contribution is -0.122. The first kappa shape index (κ1) is 21.4. The second-order valence-corrected chi connectivity index (χ2v) is 7.45. The van der Waals surface area contributed by atoms with Crippen LogP contribution >= 0.6 is 0 Å². The molecule has 1 aliphatic rings. The van der Waals surface area contributed by atoms with Crippen LogP contribution in [-0.4, -0.2) is 54.1 Å². The zero-order valence-electron chi connectivity index (χ0n) is 16.6. The molecule has 1 aliphatic carbocycles. The molecule has 0 radical (unpaired) electrons. The Morgan fingerprint density at radius 2 is 1.93 bits per heavy atom. The molecule has 150 valence electrons. The molecule has 2 amide bonds. The molecule has 0 aromatic heterocycles. The lowest BCUT2D eigenvalue weighted by Gasteiger charge is -2.21. The van der Waals surface area contributed by atoms with Gasteiger partial charge >= 0.3 is 0 Å². The highest BCUT2D eigenvalue weighted by Gasteiger charge is 2.30. The smallest absolute Gasteiger partial charge is 0.238 e. The van der Waals surface area contributed by atoms with E-state index < -0.39 is 0 Å². The number of aliphatic hydroxyl groups is 1. The van der Waals surface area contributed by atoms with Crippen molar-refractivity contribution in [1.29, 1.82) is 0 Å². The van der Waals surface area contributed by atoms with Gasteiger partial charge in [0.1, 0.15) is 0 Å². The predicted octanol–water partition coefficient (Wildman–Crippen LogP) is 2.38. The maximum Gasteiger partial charge on any atom is 0.238 e. The molecule has 1 aromatic rings. The van der Waals surface area contributed by atoms with Crippen molar-refractivity contribution in [2.75, 3.05) is 31.6 Å². The normalized spacial score (nSPS) is 13.6. The van der Waals surface area contributed by atoms with Gasteiger partial charge in [0.2, 0.25) is 11.8 Å². The summed E-state index contributed by atoms with van der Waals surface area (Å²) in [5, 5.41) is 14.7. The molecule has 1 saturated carbocycles. The molecule has 2 rings (SSSR count). The number of hydrogen-bond acceptors (Lipinski definition) is 4. The minimum atomic E-state index is -0.0278.